The van der Waals surface area contributed by atoms with Gasteiger partial charge >= 0.3 is 6.61 Å². The van der Waals surface area contributed by atoms with E-state index in [1.807, 2.05) is 4.57 Å². The minimum Gasteiger partial charge on any atom is -0.487 e. The van der Waals surface area contributed by atoms with E-state index in [1.165, 1.54) is 10.7 Å². The van der Waals surface area contributed by atoms with Crippen LogP contribution < -0.4 is 15.0 Å². The van der Waals surface area contributed by atoms with Crippen molar-refractivity contribution >= 4 is 27.1 Å². The molecule has 1 aliphatic carbocycles. The molecule has 0 radical (unpaired) electrons. The molecule has 0 spiro atoms. The second-order valence-corrected chi connectivity index (χ2v) is 26.1. The zero-order chi connectivity index (χ0) is 33.5. The number of aromatic nitrogens is 3. The summed E-state index contributed by atoms with van der Waals surface area (Å²) in [4.78, 5) is 14.1. The number of rotatable bonds is 20. The monoisotopic (exact) mass is 677 g/mol. The highest BCUT2D eigenvalue weighted by atomic mass is 28.3. The topological polar surface area (TPSA) is 76.7 Å². The Bertz CT molecular complexity index is 1490. The predicted octanol–water partition coefficient (Wildman–Crippen LogP) is 8.76. The Morgan fingerprint density at radius 2 is 1.61 bits per heavy atom. The normalized spacial score (nSPS) is 14.0. The summed E-state index contributed by atoms with van der Waals surface area (Å²) in [5.74, 6) is 0.281. The molecule has 0 aliphatic heterocycles. The largest absolute Gasteiger partial charge is 0.487 e. The van der Waals surface area contributed by atoms with Crippen LogP contribution in [0, 0.1) is 0 Å². The average molecular weight is 678 g/mol. The fraction of sp³-hybridized carbons (Fsp3) is 0.647. The molecule has 2 heterocycles. The SMILES string of the molecule is CCCCCCc1c(-c2ccc(OC(F)F)c(OC3CC3)c2)n(COCC[Si](C)(C)C)c2cnn(COCC[Si](C)(C)C)c(=O)c12. The number of ether oxygens (including phenoxy) is 4. The quantitative estimate of drug-likeness (QED) is 0.0879. The number of halogens is 2. The summed E-state index contributed by atoms with van der Waals surface area (Å²) in [6.45, 7) is 14.5. The van der Waals surface area contributed by atoms with Gasteiger partial charge in [0.05, 0.1) is 28.9 Å². The van der Waals surface area contributed by atoms with Crippen molar-refractivity contribution in [2.24, 2.45) is 0 Å². The minimum atomic E-state index is -2.97. The number of hydrogen-bond acceptors (Lipinski definition) is 6. The molecule has 0 amide bonds. The van der Waals surface area contributed by atoms with Gasteiger partial charge in [-0.05, 0) is 61.5 Å². The van der Waals surface area contributed by atoms with Crippen LogP contribution in [0.3, 0.4) is 0 Å². The van der Waals surface area contributed by atoms with E-state index < -0.39 is 22.8 Å². The molecule has 2 aromatic heterocycles. The van der Waals surface area contributed by atoms with E-state index >= 15 is 0 Å². The maximum absolute atomic E-state index is 14.1. The van der Waals surface area contributed by atoms with E-state index in [1.54, 1.807) is 18.3 Å². The van der Waals surface area contributed by atoms with E-state index in [-0.39, 0.29) is 36.6 Å². The van der Waals surface area contributed by atoms with Gasteiger partial charge in [-0.25, -0.2) is 4.68 Å². The molecule has 1 saturated carbocycles. The van der Waals surface area contributed by atoms with Crippen LogP contribution in [0.1, 0.15) is 51.0 Å². The van der Waals surface area contributed by atoms with Crippen molar-refractivity contribution in [3.05, 3.63) is 40.3 Å². The van der Waals surface area contributed by atoms with Gasteiger partial charge in [0.1, 0.15) is 13.5 Å². The van der Waals surface area contributed by atoms with Gasteiger partial charge in [0.25, 0.3) is 5.56 Å². The van der Waals surface area contributed by atoms with Crippen LogP contribution in [0.25, 0.3) is 22.2 Å². The van der Waals surface area contributed by atoms with Gasteiger partial charge in [-0.15, -0.1) is 0 Å². The second-order valence-electron chi connectivity index (χ2n) is 14.8. The molecule has 0 saturated heterocycles. The maximum atomic E-state index is 14.1. The third kappa shape index (κ3) is 10.5. The fourth-order valence-electron chi connectivity index (χ4n) is 5.27. The van der Waals surface area contributed by atoms with Crippen molar-refractivity contribution < 1.29 is 27.7 Å². The lowest BCUT2D eigenvalue weighted by Gasteiger charge is -2.18. The first-order valence-corrected chi connectivity index (χ1v) is 24.2. The highest BCUT2D eigenvalue weighted by Crippen LogP contribution is 2.41. The Hall–Kier alpha value is -2.55. The van der Waals surface area contributed by atoms with Gasteiger partial charge in [0, 0.05) is 34.9 Å². The Morgan fingerprint density at radius 3 is 2.22 bits per heavy atom. The third-order valence-corrected chi connectivity index (χ3v) is 11.5. The average Bonchev–Trinajstić information content (AvgIpc) is 3.72. The number of fused-ring (bicyclic) bond motifs is 1. The highest BCUT2D eigenvalue weighted by molar-refractivity contribution is 6.76. The van der Waals surface area contributed by atoms with Crippen molar-refractivity contribution in [3.63, 3.8) is 0 Å². The second kappa shape index (κ2) is 16.0. The molecule has 0 bridgehead atoms. The summed E-state index contributed by atoms with van der Waals surface area (Å²) in [6.07, 6.45) is 8.27. The molecule has 1 fully saturated rings. The zero-order valence-electron chi connectivity index (χ0n) is 28.8. The maximum Gasteiger partial charge on any atom is 0.387 e. The zero-order valence-corrected chi connectivity index (χ0v) is 30.8. The number of nitrogens with zero attached hydrogens (tertiary/aromatic N) is 3. The number of hydrogen-bond donors (Lipinski definition) is 0. The first-order valence-electron chi connectivity index (χ1n) is 16.8. The van der Waals surface area contributed by atoms with Gasteiger partial charge in [-0.3, -0.25) is 4.79 Å². The van der Waals surface area contributed by atoms with E-state index in [4.69, 9.17) is 18.9 Å². The van der Waals surface area contributed by atoms with Gasteiger partial charge in [-0.2, -0.15) is 13.9 Å². The van der Waals surface area contributed by atoms with Crippen LogP contribution in [0.4, 0.5) is 8.78 Å². The molecule has 4 rings (SSSR count). The van der Waals surface area contributed by atoms with Crippen LogP contribution in [-0.4, -0.2) is 56.4 Å². The van der Waals surface area contributed by atoms with Crippen LogP contribution in [0.15, 0.2) is 29.2 Å². The summed E-state index contributed by atoms with van der Waals surface area (Å²) in [7, 11) is -2.62. The first kappa shape index (κ1) is 36.3. The molecule has 46 heavy (non-hydrogen) atoms. The van der Waals surface area contributed by atoms with Crippen molar-refractivity contribution in [1.82, 2.24) is 14.3 Å². The standard InChI is InChI=1S/C34H53F2N3O5Si2/c1-8-9-10-11-12-27-31-28(22-37-39(33(31)40)24-42-18-20-46(5,6)7)38(23-41-17-19-45(2,3)4)32(27)25-13-16-29(44-34(35)36)30(21-25)43-26-14-15-26/h13,16,21-22,26,34H,8-12,14-15,17-20,23-24H2,1-7H3. The van der Waals surface area contributed by atoms with E-state index in [0.29, 0.717) is 30.5 Å². The molecule has 1 aliphatic rings. The van der Waals surface area contributed by atoms with Crippen molar-refractivity contribution in [2.45, 2.75) is 129 Å². The number of benzene rings is 1. The van der Waals surface area contributed by atoms with Crippen LogP contribution >= 0.6 is 0 Å². The number of aryl methyl sites for hydroxylation is 1. The molecule has 3 aromatic rings. The minimum absolute atomic E-state index is 0.00341. The summed E-state index contributed by atoms with van der Waals surface area (Å²) >= 11 is 0. The molecule has 256 valence electrons. The Morgan fingerprint density at radius 1 is 0.935 bits per heavy atom. The molecular weight excluding hydrogens is 625 g/mol. The smallest absolute Gasteiger partial charge is 0.387 e. The summed E-state index contributed by atoms with van der Waals surface area (Å²) in [6, 6.07) is 7.08. The third-order valence-electron chi connectivity index (χ3n) is 8.13. The molecule has 12 heteroatoms. The van der Waals surface area contributed by atoms with Crippen molar-refractivity contribution in [3.8, 4) is 22.8 Å². The predicted molar refractivity (Wildman–Crippen MR) is 186 cm³/mol. The molecule has 0 atom stereocenters. The Kier molecular flexibility index (Phi) is 12.7. The lowest BCUT2D eigenvalue weighted by Crippen LogP contribution is -2.26. The lowest BCUT2D eigenvalue weighted by molar-refractivity contribution is -0.0516. The van der Waals surface area contributed by atoms with Gasteiger partial charge < -0.3 is 23.5 Å². The van der Waals surface area contributed by atoms with Gasteiger partial charge in [0.2, 0.25) is 0 Å². The van der Waals surface area contributed by atoms with E-state index in [2.05, 4.69) is 51.3 Å². The van der Waals surface area contributed by atoms with Crippen molar-refractivity contribution in [2.75, 3.05) is 13.2 Å². The summed E-state index contributed by atoms with van der Waals surface area (Å²) in [5, 5.41) is 5.13. The molecule has 0 unspecified atom stereocenters. The summed E-state index contributed by atoms with van der Waals surface area (Å²) in [5.41, 5.74) is 2.97. The lowest BCUT2D eigenvalue weighted by atomic mass is 9.99. The molecule has 1 aromatic carbocycles. The highest BCUT2D eigenvalue weighted by Gasteiger charge is 2.28. The van der Waals surface area contributed by atoms with Crippen molar-refractivity contribution in [1.29, 1.82) is 0 Å². The van der Waals surface area contributed by atoms with Crippen LogP contribution in [0.2, 0.25) is 51.4 Å². The Labute approximate surface area is 274 Å². The van der Waals surface area contributed by atoms with Crippen LogP contribution in [0.5, 0.6) is 11.5 Å². The number of unbranched alkanes of at least 4 members (excludes halogenated alkanes) is 3. The first-order chi connectivity index (χ1) is 21.8. The van der Waals surface area contributed by atoms with E-state index in [9.17, 15) is 13.6 Å². The van der Waals surface area contributed by atoms with E-state index in [0.717, 1.165) is 67.4 Å². The summed E-state index contributed by atoms with van der Waals surface area (Å²) < 4.78 is 53.1. The van der Waals surface area contributed by atoms with Crippen LogP contribution in [-0.2, 0) is 29.4 Å². The number of alkyl halides is 2. The van der Waals surface area contributed by atoms with Gasteiger partial charge in [-0.1, -0.05) is 65.5 Å². The fourth-order valence-corrected chi connectivity index (χ4v) is 6.78. The molecule has 8 nitrogen and oxygen atoms in total. The van der Waals surface area contributed by atoms with Gasteiger partial charge in [0.15, 0.2) is 11.5 Å². The Balaban J connectivity index is 1.83. The molecule has 0 N–H and O–H groups in total. The molecular formula is C34H53F2N3O5Si2.